The van der Waals surface area contributed by atoms with Gasteiger partial charge in [0.1, 0.15) is 16.4 Å². The molecule has 1 fully saturated rings. The van der Waals surface area contributed by atoms with Crippen LogP contribution in [0.5, 0.6) is 11.5 Å². The lowest BCUT2D eigenvalue weighted by Crippen LogP contribution is -2.40. The van der Waals surface area contributed by atoms with Gasteiger partial charge < -0.3 is 24.8 Å². The Morgan fingerprint density at radius 1 is 0.821 bits per heavy atom. The molecule has 14 heteroatoms. The second-order valence-electron chi connectivity index (χ2n) is 8.32. The van der Waals surface area contributed by atoms with Crippen LogP contribution in [0.1, 0.15) is 0 Å². The fourth-order valence-electron chi connectivity index (χ4n) is 3.76. The van der Waals surface area contributed by atoms with Crippen LogP contribution in [0.4, 0.5) is 17.1 Å². The van der Waals surface area contributed by atoms with Crippen LogP contribution in [0.2, 0.25) is 0 Å². The quantitative estimate of drug-likeness (QED) is 0.318. The summed E-state index contributed by atoms with van der Waals surface area (Å²) < 4.78 is 71.7. The third-order valence-electron chi connectivity index (χ3n) is 5.79. The van der Waals surface area contributed by atoms with Crippen LogP contribution in [0.15, 0.2) is 76.5 Å². The van der Waals surface area contributed by atoms with Gasteiger partial charge in [-0.05, 0) is 72.9 Å². The van der Waals surface area contributed by atoms with Crippen molar-refractivity contribution in [1.82, 2.24) is 4.31 Å². The number of rotatable bonds is 9. The Morgan fingerprint density at radius 2 is 1.41 bits per heavy atom. The standard InChI is InChI=1S/C25H28N4O7S3/c1-34-20-7-3-19(4-8-20)28-38(30,31)24-17-21(35-2)9-12-23(24)27-25(37)26-18-5-10-22(11-6-18)39(32,33)29-13-15-36-16-14-29/h3-12,17,28H,13-16H2,1-2H3,(H2,26,27,37). The lowest BCUT2D eigenvalue weighted by atomic mass is 10.3. The van der Waals surface area contributed by atoms with E-state index >= 15 is 0 Å². The lowest BCUT2D eigenvalue weighted by molar-refractivity contribution is 0.0730. The summed E-state index contributed by atoms with van der Waals surface area (Å²) in [6.45, 7) is 1.32. The number of nitrogens with one attached hydrogen (secondary N) is 3. The molecule has 0 radical (unpaired) electrons. The molecule has 1 saturated heterocycles. The van der Waals surface area contributed by atoms with Crippen molar-refractivity contribution in [3.63, 3.8) is 0 Å². The molecule has 0 aliphatic carbocycles. The first-order chi connectivity index (χ1) is 18.6. The first-order valence-electron chi connectivity index (χ1n) is 11.7. The molecular formula is C25H28N4O7S3. The Hall–Kier alpha value is -3.43. The molecule has 0 atom stereocenters. The molecule has 4 rings (SSSR count). The monoisotopic (exact) mass is 592 g/mol. The summed E-state index contributed by atoms with van der Waals surface area (Å²) in [7, 11) is -4.72. The van der Waals surface area contributed by atoms with Crippen LogP contribution in [0, 0.1) is 0 Å². The highest BCUT2D eigenvalue weighted by Gasteiger charge is 2.26. The Bertz CT molecular complexity index is 1520. The highest BCUT2D eigenvalue weighted by molar-refractivity contribution is 7.93. The molecule has 39 heavy (non-hydrogen) atoms. The minimum Gasteiger partial charge on any atom is -0.497 e. The highest BCUT2D eigenvalue weighted by Crippen LogP contribution is 2.29. The largest absolute Gasteiger partial charge is 0.497 e. The second-order valence-corrected chi connectivity index (χ2v) is 12.3. The van der Waals surface area contributed by atoms with Gasteiger partial charge in [0.25, 0.3) is 10.0 Å². The molecular weight excluding hydrogens is 564 g/mol. The van der Waals surface area contributed by atoms with Gasteiger partial charge in [-0.1, -0.05) is 0 Å². The van der Waals surface area contributed by atoms with Gasteiger partial charge in [0.2, 0.25) is 10.0 Å². The summed E-state index contributed by atoms with van der Waals surface area (Å²) in [4.78, 5) is 0.0655. The van der Waals surface area contributed by atoms with E-state index in [1.165, 1.54) is 42.8 Å². The third kappa shape index (κ3) is 6.96. The van der Waals surface area contributed by atoms with Crippen LogP contribution in [-0.4, -0.2) is 66.8 Å². The van der Waals surface area contributed by atoms with Crippen LogP contribution < -0.4 is 24.8 Å². The molecule has 1 aliphatic rings. The van der Waals surface area contributed by atoms with E-state index in [4.69, 9.17) is 26.4 Å². The fourth-order valence-corrected chi connectivity index (χ4v) is 6.63. The van der Waals surface area contributed by atoms with Crippen molar-refractivity contribution < 1.29 is 31.0 Å². The summed E-state index contributed by atoms with van der Waals surface area (Å²) >= 11 is 5.40. The predicted molar refractivity (Wildman–Crippen MR) is 153 cm³/mol. The van der Waals surface area contributed by atoms with E-state index in [1.807, 2.05) is 0 Å². The van der Waals surface area contributed by atoms with Crippen LogP contribution in [-0.2, 0) is 24.8 Å². The van der Waals surface area contributed by atoms with Gasteiger partial charge >= 0.3 is 0 Å². The van der Waals surface area contributed by atoms with E-state index in [0.29, 0.717) is 49.2 Å². The minimum absolute atomic E-state index is 0.0891. The molecule has 1 aliphatic heterocycles. The summed E-state index contributed by atoms with van der Waals surface area (Å²) in [5, 5.41) is 5.95. The maximum Gasteiger partial charge on any atom is 0.264 e. The van der Waals surface area contributed by atoms with Crippen molar-refractivity contribution in [2.24, 2.45) is 0 Å². The molecule has 3 aromatic rings. The molecule has 0 unspecified atom stereocenters. The van der Waals surface area contributed by atoms with Crippen molar-refractivity contribution >= 4 is 54.4 Å². The smallest absolute Gasteiger partial charge is 0.264 e. The van der Waals surface area contributed by atoms with E-state index in [1.54, 1.807) is 42.5 Å². The van der Waals surface area contributed by atoms with Crippen molar-refractivity contribution in [1.29, 1.82) is 0 Å². The summed E-state index contributed by atoms with van der Waals surface area (Å²) in [6, 6.07) is 17.1. The topological polar surface area (TPSA) is 135 Å². The molecule has 1 heterocycles. The Morgan fingerprint density at radius 3 is 2.03 bits per heavy atom. The lowest BCUT2D eigenvalue weighted by Gasteiger charge is -2.26. The average Bonchev–Trinajstić information content (AvgIpc) is 2.94. The highest BCUT2D eigenvalue weighted by atomic mass is 32.2. The zero-order valence-electron chi connectivity index (χ0n) is 21.2. The van der Waals surface area contributed by atoms with E-state index in [9.17, 15) is 16.8 Å². The van der Waals surface area contributed by atoms with Crippen LogP contribution in [0.25, 0.3) is 0 Å². The molecule has 3 aromatic carbocycles. The molecule has 0 aromatic heterocycles. The number of thiocarbonyl (C=S) groups is 1. The van der Waals surface area contributed by atoms with Crippen molar-refractivity contribution in [3.05, 3.63) is 66.7 Å². The average molecular weight is 593 g/mol. The van der Waals surface area contributed by atoms with Gasteiger partial charge in [0, 0.05) is 30.5 Å². The SMILES string of the molecule is COc1ccc(NS(=O)(=O)c2cc(OC)ccc2NC(=S)Nc2ccc(S(=O)(=O)N3CCOCC3)cc2)cc1. The number of hydrogen-bond donors (Lipinski definition) is 3. The number of nitrogens with zero attached hydrogens (tertiary/aromatic N) is 1. The number of anilines is 3. The molecule has 0 spiro atoms. The molecule has 11 nitrogen and oxygen atoms in total. The number of methoxy groups -OCH3 is 2. The van der Waals surface area contributed by atoms with Crippen molar-refractivity contribution in [3.8, 4) is 11.5 Å². The first kappa shape index (κ1) is 28.6. The Balaban J connectivity index is 1.49. The molecule has 0 amide bonds. The third-order valence-corrected chi connectivity index (χ3v) is 9.33. The van der Waals surface area contributed by atoms with E-state index in [-0.39, 0.29) is 20.6 Å². The zero-order valence-corrected chi connectivity index (χ0v) is 23.7. The first-order valence-corrected chi connectivity index (χ1v) is 15.1. The van der Waals surface area contributed by atoms with E-state index in [0.717, 1.165) is 0 Å². The summed E-state index contributed by atoms with van der Waals surface area (Å²) in [5.41, 5.74) is 1.07. The van der Waals surface area contributed by atoms with E-state index in [2.05, 4.69) is 15.4 Å². The predicted octanol–water partition coefficient (Wildman–Crippen LogP) is 3.33. The molecule has 0 saturated carbocycles. The number of ether oxygens (including phenoxy) is 3. The molecule has 3 N–H and O–H groups in total. The van der Waals surface area contributed by atoms with Gasteiger partial charge in [-0.15, -0.1) is 0 Å². The Labute approximate surface area is 233 Å². The maximum atomic E-state index is 13.3. The number of hydrogen-bond acceptors (Lipinski definition) is 8. The van der Waals surface area contributed by atoms with Crippen molar-refractivity contribution in [2.45, 2.75) is 9.79 Å². The maximum absolute atomic E-state index is 13.3. The van der Waals surface area contributed by atoms with Gasteiger partial charge in [-0.2, -0.15) is 4.31 Å². The molecule has 0 bridgehead atoms. The fraction of sp³-hybridized carbons (Fsp3) is 0.240. The number of sulfonamides is 2. The van der Waals surface area contributed by atoms with Gasteiger partial charge in [-0.25, -0.2) is 16.8 Å². The van der Waals surface area contributed by atoms with E-state index < -0.39 is 20.0 Å². The summed E-state index contributed by atoms with van der Waals surface area (Å²) in [6.07, 6.45) is 0. The number of morpholine rings is 1. The van der Waals surface area contributed by atoms with Gasteiger partial charge in [-0.3, -0.25) is 4.72 Å². The Kier molecular flexibility index (Phi) is 8.92. The summed E-state index contributed by atoms with van der Waals surface area (Å²) in [5.74, 6) is 0.927. The van der Waals surface area contributed by atoms with Gasteiger partial charge in [0.05, 0.1) is 38.0 Å². The molecule has 208 valence electrons. The minimum atomic E-state index is -4.05. The van der Waals surface area contributed by atoms with Crippen molar-refractivity contribution in [2.75, 3.05) is 55.9 Å². The number of benzene rings is 3. The normalized spacial score (nSPS) is 14.3. The zero-order chi connectivity index (χ0) is 28.0. The second kappa shape index (κ2) is 12.2. The van der Waals surface area contributed by atoms with Crippen LogP contribution >= 0.6 is 12.2 Å². The van der Waals surface area contributed by atoms with Gasteiger partial charge in [0.15, 0.2) is 5.11 Å². The van der Waals surface area contributed by atoms with Crippen LogP contribution in [0.3, 0.4) is 0 Å².